The fourth-order valence-corrected chi connectivity index (χ4v) is 2.35. The molecule has 96 valence electrons. The van der Waals surface area contributed by atoms with E-state index >= 15 is 0 Å². The van der Waals surface area contributed by atoms with Gasteiger partial charge in [-0.2, -0.15) is 11.8 Å². The third-order valence-corrected chi connectivity index (χ3v) is 3.49. The maximum absolute atomic E-state index is 5.95. The van der Waals surface area contributed by atoms with E-state index in [0.717, 1.165) is 23.5 Å². The number of nitrogens with one attached hydrogen (secondary N) is 1. The van der Waals surface area contributed by atoms with Crippen LogP contribution in [0.3, 0.4) is 0 Å². The summed E-state index contributed by atoms with van der Waals surface area (Å²) in [6.07, 6.45) is 1.14. The fourth-order valence-electron chi connectivity index (χ4n) is 1.54. The molecule has 0 aliphatic heterocycles. The van der Waals surface area contributed by atoms with Crippen LogP contribution in [0.1, 0.15) is 20.3 Å². The summed E-state index contributed by atoms with van der Waals surface area (Å²) in [5, 5.41) is 3.43. The highest BCUT2D eigenvalue weighted by Crippen LogP contribution is 2.25. The molecule has 0 heterocycles. The minimum atomic E-state index is 0.435. The number of nitrogens with two attached hydrogens (primary N) is 1. The van der Waals surface area contributed by atoms with Gasteiger partial charge in [-0.05, 0) is 37.0 Å². The van der Waals surface area contributed by atoms with E-state index in [-0.39, 0.29) is 0 Å². The first kappa shape index (κ1) is 14.0. The van der Waals surface area contributed by atoms with Crippen LogP contribution in [0.2, 0.25) is 0 Å². The van der Waals surface area contributed by atoms with Crippen LogP contribution in [0.15, 0.2) is 18.2 Å². The summed E-state index contributed by atoms with van der Waals surface area (Å²) in [4.78, 5) is 0. The van der Waals surface area contributed by atoms with E-state index in [1.54, 1.807) is 7.11 Å². The lowest BCUT2D eigenvalue weighted by Crippen LogP contribution is -2.17. The molecular formula is C13H22N2OS. The van der Waals surface area contributed by atoms with E-state index in [1.807, 2.05) is 30.0 Å². The molecule has 0 saturated heterocycles. The van der Waals surface area contributed by atoms with Crippen molar-refractivity contribution in [2.24, 2.45) is 0 Å². The molecule has 17 heavy (non-hydrogen) atoms. The molecule has 0 saturated carbocycles. The molecule has 0 radical (unpaired) electrons. The monoisotopic (exact) mass is 254 g/mol. The SMILES string of the molecule is CCSCCC(C)Nc1ccc(OC)cc1N. The molecule has 0 aromatic heterocycles. The van der Waals surface area contributed by atoms with Crippen LogP contribution in [-0.4, -0.2) is 24.7 Å². The first-order chi connectivity index (χ1) is 8.17. The van der Waals surface area contributed by atoms with Gasteiger partial charge in [-0.1, -0.05) is 6.92 Å². The Morgan fingerprint density at radius 1 is 1.47 bits per heavy atom. The van der Waals surface area contributed by atoms with Crippen LogP contribution in [-0.2, 0) is 0 Å². The van der Waals surface area contributed by atoms with Crippen LogP contribution in [0.25, 0.3) is 0 Å². The number of hydrogen-bond donors (Lipinski definition) is 2. The molecule has 3 N–H and O–H groups in total. The normalized spacial score (nSPS) is 12.2. The van der Waals surface area contributed by atoms with Gasteiger partial charge < -0.3 is 15.8 Å². The largest absolute Gasteiger partial charge is 0.497 e. The number of methoxy groups -OCH3 is 1. The average molecular weight is 254 g/mol. The molecule has 3 nitrogen and oxygen atoms in total. The van der Waals surface area contributed by atoms with Gasteiger partial charge in [0.15, 0.2) is 0 Å². The number of thioether (sulfide) groups is 1. The van der Waals surface area contributed by atoms with E-state index in [2.05, 4.69) is 19.2 Å². The maximum Gasteiger partial charge on any atom is 0.121 e. The van der Waals surface area contributed by atoms with Crippen molar-refractivity contribution in [1.82, 2.24) is 0 Å². The van der Waals surface area contributed by atoms with Gasteiger partial charge in [0.05, 0.1) is 18.5 Å². The minimum absolute atomic E-state index is 0.435. The molecule has 0 amide bonds. The van der Waals surface area contributed by atoms with E-state index in [1.165, 1.54) is 11.5 Å². The third-order valence-electron chi connectivity index (χ3n) is 2.56. The van der Waals surface area contributed by atoms with Crippen LogP contribution >= 0.6 is 11.8 Å². The summed E-state index contributed by atoms with van der Waals surface area (Å²) in [7, 11) is 1.65. The molecule has 1 aromatic carbocycles. The summed E-state index contributed by atoms with van der Waals surface area (Å²) in [5.41, 5.74) is 7.67. The smallest absolute Gasteiger partial charge is 0.121 e. The highest BCUT2D eigenvalue weighted by molar-refractivity contribution is 7.99. The summed E-state index contributed by atoms with van der Waals surface area (Å²) < 4.78 is 5.12. The van der Waals surface area contributed by atoms with Crippen LogP contribution < -0.4 is 15.8 Å². The Bertz CT molecular complexity index is 344. The molecule has 1 unspecified atom stereocenters. The molecule has 4 heteroatoms. The number of nitrogen functional groups attached to an aromatic ring is 1. The molecule has 1 aromatic rings. The van der Waals surface area contributed by atoms with E-state index < -0.39 is 0 Å². The zero-order chi connectivity index (χ0) is 12.7. The number of ether oxygens (including phenoxy) is 1. The Morgan fingerprint density at radius 3 is 2.82 bits per heavy atom. The Morgan fingerprint density at radius 2 is 2.24 bits per heavy atom. The summed E-state index contributed by atoms with van der Waals surface area (Å²) >= 11 is 1.97. The molecular weight excluding hydrogens is 232 g/mol. The van der Waals surface area contributed by atoms with Crippen molar-refractivity contribution >= 4 is 23.1 Å². The van der Waals surface area contributed by atoms with Crippen molar-refractivity contribution in [3.8, 4) is 5.75 Å². The van der Waals surface area contributed by atoms with E-state index in [9.17, 15) is 0 Å². The summed E-state index contributed by atoms with van der Waals surface area (Å²) in [6, 6.07) is 6.17. The predicted octanol–water partition coefficient (Wildman–Crippen LogP) is 3.22. The topological polar surface area (TPSA) is 47.3 Å². The quantitative estimate of drug-likeness (QED) is 0.579. The van der Waals surface area contributed by atoms with Gasteiger partial charge in [-0.3, -0.25) is 0 Å². The summed E-state index contributed by atoms with van der Waals surface area (Å²) in [5.74, 6) is 3.15. The van der Waals surface area contributed by atoms with Gasteiger partial charge in [-0.25, -0.2) is 0 Å². The Labute approximate surface area is 108 Å². The van der Waals surface area contributed by atoms with Crippen molar-refractivity contribution < 1.29 is 4.74 Å². The second kappa shape index (κ2) is 7.33. The van der Waals surface area contributed by atoms with Crippen molar-refractivity contribution in [3.63, 3.8) is 0 Å². The first-order valence-corrected chi connectivity index (χ1v) is 7.10. The van der Waals surface area contributed by atoms with Crippen molar-refractivity contribution in [2.45, 2.75) is 26.3 Å². The van der Waals surface area contributed by atoms with E-state index in [4.69, 9.17) is 10.5 Å². The second-order valence-electron chi connectivity index (χ2n) is 3.98. The number of hydrogen-bond acceptors (Lipinski definition) is 4. The molecule has 0 spiro atoms. The zero-order valence-corrected chi connectivity index (χ0v) is 11.6. The zero-order valence-electron chi connectivity index (χ0n) is 10.8. The Balaban J connectivity index is 2.50. The van der Waals surface area contributed by atoms with Crippen LogP contribution in [0.5, 0.6) is 5.75 Å². The maximum atomic E-state index is 5.95. The van der Waals surface area contributed by atoms with E-state index in [0.29, 0.717) is 6.04 Å². The minimum Gasteiger partial charge on any atom is -0.497 e. The third kappa shape index (κ3) is 4.77. The molecule has 0 fully saturated rings. The number of rotatable bonds is 7. The molecule has 0 bridgehead atoms. The molecule has 0 aliphatic rings. The van der Waals surface area contributed by atoms with Gasteiger partial charge in [0.1, 0.15) is 5.75 Å². The van der Waals surface area contributed by atoms with Crippen molar-refractivity contribution in [3.05, 3.63) is 18.2 Å². The lowest BCUT2D eigenvalue weighted by molar-refractivity contribution is 0.415. The lowest BCUT2D eigenvalue weighted by Gasteiger charge is -2.17. The van der Waals surface area contributed by atoms with Crippen molar-refractivity contribution in [2.75, 3.05) is 29.7 Å². The van der Waals surface area contributed by atoms with Gasteiger partial charge >= 0.3 is 0 Å². The second-order valence-corrected chi connectivity index (χ2v) is 5.38. The van der Waals surface area contributed by atoms with Crippen LogP contribution in [0.4, 0.5) is 11.4 Å². The predicted molar refractivity (Wildman–Crippen MR) is 78.1 cm³/mol. The van der Waals surface area contributed by atoms with Gasteiger partial charge in [0.25, 0.3) is 0 Å². The molecule has 1 atom stereocenters. The first-order valence-electron chi connectivity index (χ1n) is 5.95. The fraction of sp³-hybridized carbons (Fsp3) is 0.538. The highest BCUT2D eigenvalue weighted by atomic mass is 32.2. The van der Waals surface area contributed by atoms with Gasteiger partial charge in [-0.15, -0.1) is 0 Å². The van der Waals surface area contributed by atoms with Gasteiger partial charge in [0, 0.05) is 12.1 Å². The average Bonchev–Trinajstić information content (AvgIpc) is 2.32. The Hall–Kier alpha value is -1.03. The van der Waals surface area contributed by atoms with Gasteiger partial charge in [0.2, 0.25) is 0 Å². The Kier molecular flexibility index (Phi) is 6.05. The molecule has 1 rings (SSSR count). The number of benzene rings is 1. The van der Waals surface area contributed by atoms with Crippen LogP contribution in [0, 0.1) is 0 Å². The molecule has 0 aliphatic carbocycles. The standard InChI is InChI=1S/C13H22N2OS/c1-4-17-8-7-10(2)15-13-6-5-11(16-3)9-12(13)14/h5-6,9-10,15H,4,7-8,14H2,1-3H3. The lowest BCUT2D eigenvalue weighted by atomic mass is 10.2. The number of anilines is 2. The summed E-state index contributed by atoms with van der Waals surface area (Å²) in [6.45, 7) is 4.37. The highest BCUT2D eigenvalue weighted by Gasteiger charge is 2.05. The van der Waals surface area contributed by atoms with Crippen molar-refractivity contribution in [1.29, 1.82) is 0 Å².